The number of hydrogen-bond donors (Lipinski definition) is 0. The van der Waals surface area contributed by atoms with Gasteiger partial charge in [0.2, 0.25) is 15.9 Å². The van der Waals surface area contributed by atoms with Crippen molar-refractivity contribution in [3.8, 4) is 0 Å². The van der Waals surface area contributed by atoms with Gasteiger partial charge in [0, 0.05) is 26.2 Å². The molecule has 0 N–H and O–H groups in total. The van der Waals surface area contributed by atoms with Crippen molar-refractivity contribution in [1.29, 1.82) is 0 Å². The summed E-state index contributed by atoms with van der Waals surface area (Å²) in [5.41, 5.74) is 0.765. The number of sulfonamides is 1. The predicted octanol–water partition coefficient (Wildman–Crippen LogP) is 0.0919. The lowest BCUT2D eigenvalue weighted by Crippen LogP contribution is -2.41. The molecule has 2 saturated heterocycles. The van der Waals surface area contributed by atoms with Gasteiger partial charge in [0.25, 0.3) is 0 Å². The molecule has 3 aliphatic rings. The van der Waals surface area contributed by atoms with Crippen LogP contribution in [0.15, 0.2) is 12.4 Å². The van der Waals surface area contributed by atoms with Gasteiger partial charge in [-0.2, -0.15) is 9.40 Å². The van der Waals surface area contributed by atoms with Crippen LogP contribution in [0.25, 0.3) is 0 Å². The molecule has 3 fully saturated rings. The molecule has 1 aromatic rings. The monoisotopic (exact) mass is 310 g/mol. The zero-order chi connectivity index (χ0) is 14.8. The molecule has 0 spiro atoms. The van der Waals surface area contributed by atoms with Crippen molar-refractivity contribution in [1.82, 2.24) is 14.1 Å². The van der Waals surface area contributed by atoms with Crippen molar-refractivity contribution in [2.24, 2.45) is 7.05 Å². The minimum absolute atomic E-state index is 0.00584. The molecular weight excluding hydrogens is 292 g/mol. The Balaban J connectivity index is 1.64. The second-order valence-electron chi connectivity index (χ2n) is 6.12. The van der Waals surface area contributed by atoms with E-state index in [9.17, 15) is 13.2 Å². The van der Waals surface area contributed by atoms with Crippen molar-refractivity contribution in [2.45, 2.75) is 43.0 Å². The van der Waals surface area contributed by atoms with E-state index in [-0.39, 0.29) is 29.7 Å². The normalized spacial score (nSPS) is 30.1. The third kappa shape index (κ3) is 1.92. The largest absolute Gasteiger partial charge is 0.305 e. The lowest BCUT2D eigenvalue weighted by atomic mass is 10.1. The molecule has 8 heteroatoms. The molecule has 2 aliphatic heterocycles. The molecule has 0 aromatic carbocycles. The molecule has 21 heavy (non-hydrogen) atoms. The molecule has 1 amide bonds. The number of aromatic nitrogens is 2. The average molecular weight is 310 g/mol. The Labute approximate surface area is 123 Å². The molecule has 4 rings (SSSR count). The van der Waals surface area contributed by atoms with Crippen LogP contribution in [0.3, 0.4) is 0 Å². The summed E-state index contributed by atoms with van der Waals surface area (Å²) in [6, 6.07) is -0.251. The molecule has 2 atom stereocenters. The smallest absolute Gasteiger partial charge is 0.229 e. The van der Waals surface area contributed by atoms with Crippen molar-refractivity contribution in [3.05, 3.63) is 12.4 Å². The Morgan fingerprint density at radius 1 is 1.24 bits per heavy atom. The predicted molar refractivity (Wildman–Crippen MR) is 76.2 cm³/mol. The number of aryl methyl sites for hydroxylation is 1. The van der Waals surface area contributed by atoms with Crippen LogP contribution in [0.2, 0.25) is 0 Å². The molecule has 1 aliphatic carbocycles. The van der Waals surface area contributed by atoms with Crippen LogP contribution in [0, 0.1) is 0 Å². The molecular formula is C13H18N4O3S. The van der Waals surface area contributed by atoms with E-state index >= 15 is 0 Å². The lowest BCUT2D eigenvalue weighted by Gasteiger charge is -2.24. The Morgan fingerprint density at radius 2 is 2.00 bits per heavy atom. The molecule has 1 aromatic heterocycles. The third-order valence-electron chi connectivity index (χ3n) is 4.69. The van der Waals surface area contributed by atoms with Crippen LogP contribution in [0.5, 0.6) is 0 Å². The summed E-state index contributed by atoms with van der Waals surface area (Å²) in [5.74, 6) is -0.00584. The Bertz CT molecular complexity index is 694. The fourth-order valence-corrected chi connectivity index (χ4v) is 5.62. The molecule has 7 nitrogen and oxygen atoms in total. The van der Waals surface area contributed by atoms with E-state index in [0.29, 0.717) is 13.0 Å². The van der Waals surface area contributed by atoms with Crippen molar-refractivity contribution in [2.75, 3.05) is 11.4 Å². The SMILES string of the molecule is Cn1cc(N2C(=O)C[C@@H]3[C@@H]2CCN3S(=O)(=O)C2CC2)cn1. The number of hydrogen-bond acceptors (Lipinski definition) is 4. The summed E-state index contributed by atoms with van der Waals surface area (Å²) >= 11 is 0. The Hall–Kier alpha value is -1.41. The second-order valence-corrected chi connectivity index (χ2v) is 8.28. The van der Waals surface area contributed by atoms with Crippen LogP contribution >= 0.6 is 0 Å². The molecule has 3 heterocycles. The van der Waals surface area contributed by atoms with Gasteiger partial charge in [-0.3, -0.25) is 9.48 Å². The standard InChI is InChI=1S/C13H18N4O3S/c1-15-8-9(7-14-15)17-11-4-5-16(12(11)6-13(17)18)21(19,20)10-2-3-10/h7-8,10-12H,2-6H2,1H3/t11-,12+/m0/s1. The van der Waals surface area contributed by atoms with Gasteiger partial charge in [-0.1, -0.05) is 0 Å². The molecule has 1 saturated carbocycles. The highest BCUT2D eigenvalue weighted by atomic mass is 32.2. The summed E-state index contributed by atoms with van der Waals surface area (Å²) in [6.07, 6.45) is 5.98. The zero-order valence-corrected chi connectivity index (χ0v) is 12.7. The minimum Gasteiger partial charge on any atom is -0.305 e. The summed E-state index contributed by atoms with van der Waals surface area (Å²) in [7, 11) is -1.40. The van der Waals surface area contributed by atoms with E-state index in [4.69, 9.17) is 0 Å². The van der Waals surface area contributed by atoms with Gasteiger partial charge >= 0.3 is 0 Å². The van der Waals surface area contributed by atoms with Gasteiger partial charge in [-0.15, -0.1) is 0 Å². The molecule has 0 radical (unpaired) electrons. The lowest BCUT2D eigenvalue weighted by molar-refractivity contribution is -0.117. The number of fused-ring (bicyclic) bond motifs is 1. The van der Waals surface area contributed by atoms with E-state index in [1.54, 1.807) is 33.3 Å². The van der Waals surface area contributed by atoms with E-state index < -0.39 is 10.0 Å². The quantitative estimate of drug-likeness (QED) is 0.793. The van der Waals surface area contributed by atoms with E-state index in [1.807, 2.05) is 0 Å². The van der Waals surface area contributed by atoms with Crippen molar-refractivity contribution < 1.29 is 13.2 Å². The second kappa shape index (κ2) is 4.30. The van der Waals surface area contributed by atoms with Crippen LogP contribution in [0.4, 0.5) is 5.69 Å². The highest BCUT2D eigenvalue weighted by molar-refractivity contribution is 7.90. The van der Waals surface area contributed by atoms with Gasteiger partial charge in [-0.05, 0) is 19.3 Å². The van der Waals surface area contributed by atoms with E-state index in [2.05, 4.69) is 5.10 Å². The fourth-order valence-electron chi connectivity index (χ4n) is 3.55. The fraction of sp³-hybridized carbons (Fsp3) is 0.692. The maximum atomic E-state index is 12.5. The van der Waals surface area contributed by atoms with Crippen LogP contribution < -0.4 is 4.90 Å². The van der Waals surface area contributed by atoms with Crippen molar-refractivity contribution >= 4 is 21.6 Å². The maximum Gasteiger partial charge on any atom is 0.229 e. The van der Waals surface area contributed by atoms with Gasteiger partial charge < -0.3 is 4.90 Å². The van der Waals surface area contributed by atoms with Crippen molar-refractivity contribution in [3.63, 3.8) is 0 Å². The van der Waals surface area contributed by atoms with E-state index in [0.717, 1.165) is 18.5 Å². The maximum absolute atomic E-state index is 12.5. The Morgan fingerprint density at radius 3 is 2.62 bits per heavy atom. The van der Waals surface area contributed by atoms with Crippen LogP contribution in [-0.2, 0) is 21.9 Å². The van der Waals surface area contributed by atoms with Gasteiger partial charge in [0.1, 0.15) is 0 Å². The summed E-state index contributed by atoms with van der Waals surface area (Å²) in [4.78, 5) is 14.1. The first-order valence-corrected chi connectivity index (χ1v) is 8.80. The number of nitrogens with zero attached hydrogens (tertiary/aromatic N) is 4. The number of rotatable bonds is 3. The molecule has 0 unspecified atom stereocenters. The zero-order valence-electron chi connectivity index (χ0n) is 11.8. The first-order chi connectivity index (χ1) is 9.98. The first kappa shape index (κ1) is 13.3. The molecule has 114 valence electrons. The van der Waals surface area contributed by atoms with Crippen LogP contribution in [0.1, 0.15) is 25.7 Å². The van der Waals surface area contributed by atoms with Gasteiger partial charge in [0.15, 0.2) is 0 Å². The summed E-state index contributed by atoms with van der Waals surface area (Å²) in [5, 5.41) is 3.90. The third-order valence-corrected chi connectivity index (χ3v) is 7.11. The average Bonchev–Trinajstić information content (AvgIpc) is 2.98. The summed E-state index contributed by atoms with van der Waals surface area (Å²) in [6.45, 7) is 0.526. The summed E-state index contributed by atoms with van der Waals surface area (Å²) < 4.78 is 28.2. The first-order valence-electron chi connectivity index (χ1n) is 7.30. The Kier molecular flexibility index (Phi) is 2.71. The van der Waals surface area contributed by atoms with Gasteiger partial charge in [0.05, 0.1) is 29.2 Å². The topological polar surface area (TPSA) is 75.5 Å². The van der Waals surface area contributed by atoms with Crippen LogP contribution in [-0.4, -0.2) is 52.3 Å². The minimum atomic E-state index is -3.21. The molecule has 0 bridgehead atoms. The highest BCUT2D eigenvalue weighted by Crippen LogP contribution is 2.41. The van der Waals surface area contributed by atoms with Gasteiger partial charge in [-0.25, -0.2) is 8.42 Å². The number of carbonyl (C=O) groups is 1. The number of amides is 1. The highest BCUT2D eigenvalue weighted by Gasteiger charge is 2.54. The number of carbonyl (C=O) groups excluding carboxylic acids is 1. The number of anilines is 1. The van der Waals surface area contributed by atoms with E-state index in [1.165, 1.54) is 0 Å².